The Morgan fingerprint density at radius 3 is 2.30 bits per heavy atom. The third kappa shape index (κ3) is 4.38. The number of esters is 1. The molecule has 160 valence electrons. The van der Waals surface area contributed by atoms with E-state index in [0.717, 1.165) is 32.0 Å². The summed E-state index contributed by atoms with van der Waals surface area (Å²) < 4.78 is 5.51. The zero-order chi connectivity index (χ0) is 21.1. The van der Waals surface area contributed by atoms with Crippen LogP contribution in [0.2, 0.25) is 0 Å². The van der Waals surface area contributed by atoms with Gasteiger partial charge in [0.15, 0.2) is 0 Å². The minimum Gasteiger partial charge on any atom is -0.459 e. The van der Waals surface area contributed by atoms with E-state index in [-0.39, 0.29) is 30.2 Å². The Labute approximate surface area is 176 Å². The monoisotopic (exact) mass is 412 g/mol. The summed E-state index contributed by atoms with van der Waals surface area (Å²) in [5.74, 6) is -0.230. The molecule has 0 saturated carbocycles. The summed E-state index contributed by atoms with van der Waals surface area (Å²) >= 11 is 0. The molecular weight excluding hydrogens is 384 g/mol. The summed E-state index contributed by atoms with van der Waals surface area (Å²) in [6.45, 7) is 5.23. The molecule has 0 N–H and O–H groups in total. The molecule has 1 aromatic rings. The molecule has 30 heavy (non-hydrogen) atoms. The smallest absolute Gasteiger partial charge is 0.303 e. The molecule has 3 heterocycles. The first-order chi connectivity index (χ1) is 14.5. The SMILES string of the molecule is CC(=O)OC(CN1CCN(c2ccccn2)CC1)CN1C(=O)[C@H]2CC=CC[C@H]2C1=O. The molecule has 0 radical (unpaired) electrons. The van der Waals surface area contributed by atoms with Gasteiger partial charge in [0.2, 0.25) is 11.8 Å². The Morgan fingerprint density at radius 1 is 1.07 bits per heavy atom. The maximum Gasteiger partial charge on any atom is 0.303 e. The molecule has 3 aliphatic rings. The van der Waals surface area contributed by atoms with Crippen LogP contribution in [0.5, 0.6) is 0 Å². The fraction of sp³-hybridized carbons (Fsp3) is 0.545. The second-order valence-corrected chi connectivity index (χ2v) is 8.15. The zero-order valence-electron chi connectivity index (χ0n) is 17.3. The molecule has 3 atom stereocenters. The number of nitrogens with zero attached hydrogens (tertiary/aromatic N) is 4. The quantitative estimate of drug-likeness (QED) is 0.393. The normalized spacial score (nSPS) is 25.4. The number of likely N-dealkylation sites (tertiary alicyclic amines) is 1. The number of rotatable bonds is 6. The van der Waals surface area contributed by atoms with E-state index in [2.05, 4.69) is 14.8 Å². The van der Waals surface area contributed by atoms with Crippen molar-refractivity contribution in [3.05, 3.63) is 36.5 Å². The van der Waals surface area contributed by atoms with Gasteiger partial charge in [0.25, 0.3) is 0 Å². The molecule has 0 aromatic carbocycles. The summed E-state index contributed by atoms with van der Waals surface area (Å²) in [5.41, 5.74) is 0. The number of allylic oxidation sites excluding steroid dienone is 2. The second-order valence-electron chi connectivity index (χ2n) is 8.15. The molecule has 1 aliphatic carbocycles. The van der Waals surface area contributed by atoms with E-state index < -0.39 is 12.1 Å². The lowest BCUT2D eigenvalue weighted by atomic mass is 9.85. The van der Waals surface area contributed by atoms with Crippen molar-refractivity contribution in [1.82, 2.24) is 14.8 Å². The van der Waals surface area contributed by atoms with Gasteiger partial charge in [0, 0.05) is 45.8 Å². The Morgan fingerprint density at radius 2 is 1.73 bits per heavy atom. The molecular formula is C22H28N4O4. The molecule has 2 amide bonds. The van der Waals surface area contributed by atoms with Crippen molar-refractivity contribution in [3.63, 3.8) is 0 Å². The Balaban J connectivity index is 1.36. The van der Waals surface area contributed by atoms with Crippen LogP contribution in [0.25, 0.3) is 0 Å². The van der Waals surface area contributed by atoms with Gasteiger partial charge in [0.05, 0.1) is 18.4 Å². The zero-order valence-corrected chi connectivity index (χ0v) is 17.3. The van der Waals surface area contributed by atoms with Gasteiger partial charge in [-0.3, -0.25) is 24.2 Å². The first kappa shape index (κ1) is 20.5. The molecule has 1 unspecified atom stereocenters. The highest BCUT2D eigenvalue weighted by molar-refractivity contribution is 6.05. The minimum atomic E-state index is -0.523. The molecule has 4 rings (SSSR count). The van der Waals surface area contributed by atoms with Crippen molar-refractivity contribution in [1.29, 1.82) is 0 Å². The van der Waals surface area contributed by atoms with Gasteiger partial charge < -0.3 is 9.64 Å². The highest BCUT2D eigenvalue weighted by Gasteiger charge is 2.48. The number of piperazine rings is 1. The molecule has 2 aliphatic heterocycles. The van der Waals surface area contributed by atoms with Crippen molar-refractivity contribution in [2.24, 2.45) is 11.8 Å². The third-order valence-corrected chi connectivity index (χ3v) is 6.13. The van der Waals surface area contributed by atoms with Crippen LogP contribution in [0.3, 0.4) is 0 Å². The van der Waals surface area contributed by atoms with Gasteiger partial charge in [-0.05, 0) is 25.0 Å². The van der Waals surface area contributed by atoms with Gasteiger partial charge in [-0.15, -0.1) is 0 Å². The van der Waals surface area contributed by atoms with Crippen molar-refractivity contribution in [2.75, 3.05) is 44.2 Å². The number of imide groups is 1. The molecule has 0 bridgehead atoms. The third-order valence-electron chi connectivity index (χ3n) is 6.13. The van der Waals surface area contributed by atoms with Crippen molar-refractivity contribution in [2.45, 2.75) is 25.9 Å². The number of pyridine rings is 1. The average molecular weight is 412 g/mol. The fourth-order valence-electron chi connectivity index (χ4n) is 4.61. The predicted molar refractivity (Wildman–Crippen MR) is 111 cm³/mol. The van der Waals surface area contributed by atoms with Crippen LogP contribution < -0.4 is 4.90 Å². The van der Waals surface area contributed by atoms with Crippen molar-refractivity contribution >= 4 is 23.6 Å². The van der Waals surface area contributed by atoms with E-state index in [9.17, 15) is 14.4 Å². The summed E-state index contributed by atoms with van der Waals surface area (Å²) in [6, 6.07) is 5.87. The van der Waals surface area contributed by atoms with Gasteiger partial charge in [-0.2, -0.15) is 0 Å². The maximum atomic E-state index is 12.8. The van der Waals surface area contributed by atoms with E-state index in [1.807, 2.05) is 30.4 Å². The summed E-state index contributed by atoms with van der Waals surface area (Å²) in [6.07, 6.45) is 6.43. The topological polar surface area (TPSA) is 83.1 Å². The number of carbonyl (C=O) groups is 3. The lowest BCUT2D eigenvalue weighted by Crippen LogP contribution is -2.51. The van der Waals surface area contributed by atoms with Crippen LogP contribution in [0, 0.1) is 11.8 Å². The molecule has 2 fully saturated rings. The lowest BCUT2D eigenvalue weighted by molar-refractivity contribution is -0.153. The molecule has 8 heteroatoms. The average Bonchev–Trinajstić information content (AvgIpc) is 2.99. The Hall–Kier alpha value is -2.74. The first-order valence-corrected chi connectivity index (χ1v) is 10.6. The molecule has 2 saturated heterocycles. The standard InChI is InChI=1S/C22H28N4O4/c1-16(27)30-17(15-26-21(28)18-6-2-3-7-19(18)22(26)29)14-24-10-12-25(13-11-24)20-8-4-5-9-23-20/h2-5,8-9,17-19H,6-7,10-15H2,1H3/t17?,18-,19+. The van der Waals surface area contributed by atoms with E-state index in [1.165, 1.54) is 11.8 Å². The second kappa shape index (κ2) is 8.95. The number of carbonyl (C=O) groups excluding carboxylic acids is 3. The van der Waals surface area contributed by atoms with E-state index in [0.29, 0.717) is 19.4 Å². The summed E-state index contributed by atoms with van der Waals surface area (Å²) in [5, 5.41) is 0. The van der Waals surface area contributed by atoms with E-state index in [4.69, 9.17) is 4.74 Å². The Kier molecular flexibility index (Phi) is 6.13. The van der Waals surface area contributed by atoms with Crippen molar-refractivity contribution in [3.8, 4) is 0 Å². The summed E-state index contributed by atoms with van der Waals surface area (Å²) in [7, 11) is 0. The van der Waals surface area contributed by atoms with Crippen LogP contribution in [-0.2, 0) is 19.1 Å². The number of hydrogen-bond donors (Lipinski definition) is 0. The number of ether oxygens (including phenoxy) is 1. The van der Waals surface area contributed by atoms with Gasteiger partial charge in [-0.1, -0.05) is 18.2 Å². The van der Waals surface area contributed by atoms with Gasteiger partial charge >= 0.3 is 5.97 Å². The largest absolute Gasteiger partial charge is 0.459 e. The Bertz CT molecular complexity index is 794. The highest BCUT2D eigenvalue weighted by Crippen LogP contribution is 2.35. The first-order valence-electron chi connectivity index (χ1n) is 10.6. The maximum absolute atomic E-state index is 12.8. The summed E-state index contributed by atoms with van der Waals surface area (Å²) in [4.78, 5) is 47.4. The van der Waals surface area contributed by atoms with Crippen LogP contribution in [-0.4, -0.2) is 77.9 Å². The van der Waals surface area contributed by atoms with Crippen LogP contribution in [0.15, 0.2) is 36.5 Å². The van der Waals surface area contributed by atoms with Crippen LogP contribution >= 0.6 is 0 Å². The molecule has 8 nitrogen and oxygen atoms in total. The van der Waals surface area contributed by atoms with E-state index in [1.54, 1.807) is 6.20 Å². The fourth-order valence-corrected chi connectivity index (χ4v) is 4.61. The predicted octanol–water partition coefficient (Wildman–Crippen LogP) is 1.09. The van der Waals surface area contributed by atoms with Gasteiger partial charge in [-0.25, -0.2) is 4.98 Å². The van der Waals surface area contributed by atoms with Gasteiger partial charge in [0.1, 0.15) is 11.9 Å². The number of fused-ring (bicyclic) bond motifs is 1. The number of hydrogen-bond acceptors (Lipinski definition) is 7. The molecule has 1 aromatic heterocycles. The van der Waals surface area contributed by atoms with Crippen LogP contribution in [0.4, 0.5) is 5.82 Å². The number of aromatic nitrogens is 1. The van der Waals surface area contributed by atoms with Crippen LogP contribution in [0.1, 0.15) is 19.8 Å². The number of amides is 2. The number of anilines is 1. The van der Waals surface area contributed by atoms with E-state index >= 15 is 0 Å². The molecule has 0 spiro atoms. The van der Waals surface area contributed by atoms with Crippen molar-refractivity contribution < 1.29 is 19.1 Å². The minimum absolute atomic E-state index is 0.130. The lowest BCUT2D eigenvalue weighted by Gasteiger charge is -2.37. The highest BCUT2D eigenvalue weighted by atomic mass is 16.5.